The zero-order valence-electron chi connectivity index (χ0n) is 16.3. The first kappa shape index (κ1) is 20.5. The summed E-state index contributed by atoms with van der Waals surface area (Å²) in [5, 5.41) is 6.22. The van der Waals surface area contributed by atoms with E-state index in [0.717, 1.165) is 25.2 Å². The highest BCUT2D eigenvalue weighted by Crippen LogP contribution is 2.28. The van der Waals surface area contributed by atoms with Crippen LogP contribution in [0.5, 0.6) is 11.5 Å². The summed E-state index contributed by atoms with van der Waals surface area (Å²) in [5.74, 6) is 1.11. The number of likely N-dealkylation sites (N-methyl/N-ethyl adjacent to an activating group) is 1. The number of nitrogens with one attached hydrogen (secondary N) is 2. The number of benzene rings is 1. The lowest BCUT2D eigenvalue weighted by Crippen LogP contribution is -2.41. The maximum absolute atomic E-state index is 11.5. The number of carbonyl (C=O) groups is 1. The molecule has 1 amide bonds. The Morgan fingerprint density at radius 1 is 1.31 bits per heavy atom. The van der Waals surface area contributed by atoms with Gasteiger partial charge >= 0.3 is 0 Å². The molecule has 1 aromatic carbocycles. The highest BCUT2D eigenvalue weighted by atomic mass is 16.5. The molecule has 1 atom stereocenters. The molecule has 6 nitrogen and oxygen atoms in total. The van der Waals surface area contributed by atoms with Gasteiger partial charge in [0, 0.05) is 32.2 Å². The van der Waals surface area contributed by atoms with Crippen LogP contribution >= 0.6 is 0 Å². The standard InChI is InChI=1S/C20H33N3O3/c1-4-22-20(24)15-26-18-9-8-17(13-19(18)25-3)14-21-10-12-23-11-6-5-7-16(23)2/h8-9,13,16,21H,4-7,10-12,14-15H2,1-3H3,(H,22,24). The van der Waals surface area contributed by atoms with Crippen LogP contribution in [0, 0.1) is 0 Å². The average Bonchev–Trinajstić information content (AvgIpc) is 2.65. The molecule has 0 radical (unpaired) electrons. The van der Waals surface area contributed by atoms with Gasteiger partial charge in [-0.2, -0.15) is 0 Å². The van der Waals surface area contributed by atoms with Gasteiger partial charge < -0.3 is 20.1 Å². The van der Waals surface area contributed by atoms with Crippen LogP contribution in [-0.4, -0.2) is 56.7 Å². The maximum atomic E-state index is 11.5. The van der Waals surface area contributed by atoms with Gasteiger partial charge in [-0.15, -0.1) is 0 Å². The summed E-state index contributed by atoms with van der Waals surface area (Å²) < 4.78 is 11.0. The van der Waals surface area contributed by atoms with Crippen LogP contribution in [-0.2, 0) is 11.3 Å². The fourth-order valence-corrected chi connectivity index (χ4v) is 3.28. The van der Waals surface area contributed by atoms with Gasteiger partial charge in [-0.3, -0.25) is 9.69 Å². The van der Waals surface area contributed by atoms with Gasteiger partial charge in [-0.1, -0.05) is 12.5 Å². The third kappa shape index (κ3) is 6.50. The van der Waals surface area contributed by atoms with Gasteiger partial charge in [-0.25, -0.2) is 0 Å². The van der Waals surface area contributed by atoms with Crippen molar-refractivity contribution in [2.45, 2.75) is 45.7 Å². The summed E-state index contributed by atoms with van der Waals surface area (Å²) in [6.45, 7) is 8.86. The summed E-state index contributed by atoms with van der Waals surface area (Å²) >= 11 is 0. The first-order valence-electron chi connectivity index (χ1n) is 9.65. The van der Waals surface area contributed by atoms with Crippen LogP contribution < -0.4 is 20.1 Å². The van der Waals surface area contributed by atoms with Crippen molar-refractivity contribution in [2.24, 2.45) is 0 Å². The Balaban J connectivity index is 1.77. The number of rotatable bonds is 10. The topological polar surface area (TPSA) is 62.8 Å². The lowest BCUT2D eigenvalue weighted by atomic mass is 10.0. The van der Waals surface area contributed by atoms with Crippen LogP contribution in [0.1, 0.15) is 38.7 Å². The number of carbonyl (C=O) groups excluding carboxylic acids is 1. The van der Waals surface area contributed by atoms with E-state index in [4.69, 9.17) is 9.47 Å². The fourth-order valence-electron chi connectivity index (χ4n) is 3.28. The number of piperidine rings is 1. The minimum absolute atomic E-state index is 0.00415. The van der Waals surface area contributed by atoms with E-state index in [1.54, 1.807) is 7.11 Å². The van der Waals surface area contributed by atoms with E-state index >= 15 is 0 Å². The Morgan fingerprint density at radius 3 is 2.88 bits per heavy atom. The highest BCUT2D eigenvalue weighted by Gasteiger charge is 2.17. The monoisotopic (exact) mass is 363 g/mol. The molecule has 1 aliphatic heterocycles. The summed E-state index contributed by atoms with van der Waals surface area (Å²) in [4.78, 5) is 14.1. The Labute approximate surface area is 157 Å². The first-order valence-corrected chi connectivity index (χ1v) is 9.65. The molecule has 2 N–H and O–H groups in total. The zero-order valence-corrected chi connectivity index (χ0v) is 16.3. The quantitative estimate of drug-likeness (QED) is 0.624. The van der Waals surface area contributed by atoms with Crippen LogP contribution in [0.15, 0.2) is 18.2 Å². The second-order valence-corrected chi connectivity index (χ2v) is 6.78. The van der Waals surface area contributed by atoms with Gasteiger partial charge in [0.1, 0.15) is 0 Å². The molecule has 1 saturated heterocycles. The predicted molar refractivity (Wildman–Crippen MR) is 104 cm³/mol. The van der Waals surface area contributed by atoms with Crippen molar-refractivity contribution in [1.82, 2.24) is 15.5 Å². The van der Waals surface area contributed by atoms with E-state index in [1.165, 1.54) is 25.8 Å². The van der Waals surface area contributed by atoms with Gasteiger partial charge in [-0.05, 0) is 50.9 Å². The predicted octanol–water partition coefficient (Wildman–Crippen LogP) is 2.17. The third-order valence-electron chi connectivity index (χ3n) is 4.81. The van der Waals surface area contributed by atoms with Crippen LogP contribution in [0.25, 0.3) is 0 Å². The summed E-state index contributed by atoms with van der Waals surface area (Å²) in [6, 6.07) is 6.53. The van der Waals surface area contributed by atoms with Gasteiger partial charge in [0.25, 0.3) is 5.91 Å². The number of methoxy groups -OCH3 is 1. The van der Waals surface area contributed by atoms with Crippen molar-refractivity contribution in [3.8, 4) is 11.5 Å². The molecule has 1 fully saturated rings. The third-order valence-corrected chi connectivity index (χ3v) is 4.81. The van der Waals surface area contributed by atoms with Crippen molar-refractivity contribution in [3.63, 3.8) is 0 Å². The highest BCUT2D eigenvalue weighted by molar-refractivity contribution is 5.77. The molecule has 0 saturated carbocycles. The zero-order chi connectivity index (χ0) is 18.8. The number of nitrogens with zero attached hydrogens (tertiary/aromatic N) is 1. The van der Waals surface area contributed by atoms with Crippen molar-refractivity contribution in [2.75, 3.05) is 39.9 Å². The minimum Gasteiger partial charge on any atom is -0.493 e. The van der Waals surface area contributed by atoms with E-state index in [9.17, 15) is 4.79 Å². The lowest BCUT2D eigenvalue weighted by Gasteiger charge is -2.33. The minimum atomic E-state index is -0.132. The Hall–Kier alpha value is -1.79. The van der Waals surface area contributed by atoms with Gasteiger partial charge in [0.2, 0.25) is 0 Å². The van der Waals surface area contributed by atoms with Crippen molar-refractivity contribution >= 4 is 5.91 Å². The second kappa shape index (κ2) is 11.0. The lowest BCUT2D eigenvalue weighted by molar-refractivity contribution is -0.123. The molecule has 0 bridgehead atoms. The van der Waals surface area contributed by atoms with Crippen LogP contribution in [0.3, 0.4) is 0 Å². The summed E-state index contributed by atoms with van der Waals surface area (Å²) in [6.07, 6.45) is 3.99. The molecular formula is C20H33N3O3. The number of hydrogen-bond donors (Lipinski definition) is 2. The fraction of sp³-hybridized carbons (Fsp3) is 0.650. The van der Waals surface area contributed by atoms with E-state index < -0.39 is 0 Å². The number of likely N-dealkylation sites (tertiary alicyclic amines) is 1. The van der Waals surface area contributed by atoms with Crippen molar-refractivity contribution in [3.05, 3.63) is 23.8 Å². The molecule has 1 unspecified atom stereocenters. The van der Waals surface area contributed by atoms with Crippen molar-refractivity contribution < 1.29 is 14.3 Å². The normalized spacial score (nSPS) is 17.7. The molecule has 6 heteroatoms. The number of hydrogen-bond acceptors (Lipinski definition) is 5. The molecule has 26 heavy (non-hydrogen) atoms. The molecule has 1 heterocycles. The summed E-state index contributed by atoms with van der Waals surface area (Å²) in [7, 11) is 1.61. The largest absolute Gasteiger partial charge is 0.493 e. The van der Waals surface area contributed by atoms with E-state index in [0.29, 0.717) is 24.1 Å². The van der Waals surface area contributed by atoms with Gasteiger partial charge in [0.05, 0.1) is 7.11 Å². The van der Waals surface area contributed by atoms with E-state index in [1.807, 2.05) is 25.1 Å². The average molecular weight is 364 g/mol. The molecule has 1 aromatic rings. The van der Waals surface area contributed by atoms with E-state index in [2.05, 4.69) is 22.5 Å². The number of amides is 1. The van der Waals surface area contributed by atoms with Gasteiger partial charge in [0.15, 0.2) is 18.1 Å². The molecule has 146 valence electrons. The number of ether oxygens (including phenoxy) is 2. The second-order valence-electron chi connectivity index (χ2n) is 6.78. The smallest absolute Gasteiger partial charge is 0.257 e. The first-order chi connectivity index (χ1) is 12.6. The van der Waals surface area contributed by atoms with Crippen LogP contribution in [0.4, 0.5) is 0 Å². The van der Waals surface area contributed by atoms with Crippen LogP contribution in [0.2, 0.25) is 0 Å². The molecule has 0 aliphatic carbocycles. The van der Waals surface area contributed by atoms with Crippen molar-refractivity contribution in [1.29, 1.82) is 0 Å². The molecule has 1 aliphatic rings. The SMILES string of the molecule is CCNC(=O)COc1ccc(CNCCN2CCCCC2C)cc1OC. The Bertz CT molecular complexity index is 565. The Kier molecular flexibility index (Phi) is 8.71. The Morgan fingerprint density at radius 2 is 2.15 bits per heavy atom. The van der Waals surface area contributed by atoms with E-state index in [-0.39, 0.29) is 12.5 Å². The molecular weight excluding hydrogens is 330 g/mol. The molecule has 0 spiro atoms. The molecule has 2 rings (SSSR count). The molecule has 0 aromatic heterocycles. The maximum Gasteiger partial charge on any atom is 0.257 e. The summed E-state index contributed by atoms with van der Waals surface area (Å²) in [5.41, 5.74) is 1.14.